The molecule has 2 amide bonds. The zero-order valence-corrected chi connectivity index (χ0v) is 22.6. The number of nitrogens with zero attached hydrogens (tertiary/aromatic N) is 4. The summed E-state index contributed by atoms with van der Waals surface area (Å²) in [6.45, 7) is 5.75. The summed E-state index contributed by atoms with van der Waals surface area (Å²) < 4.78 is 0. The van der Waals surface area contributed by atoms with Gasteiger partial charge < -0.3 is 15.3 Å². The topological polar surface area (TPSA) is 105 Å². The Morgan fingerprint density at radius 1 is 0.875 bits per heavy atom. The molecule has 0 bridgehead atoms. The molecule has 2 heterocycles. The summed E-state index contributed by atoms with van der Waals surface area (Å²) in [4.78, 5) is 30.7. The predicted molar refractivity (Wildman–Crippen MR) is 155 cm³/mol. The third-order valence-corrected chi connectivity index (χ3v) is 7.16. The summed E-state index contributed by atoms with van der Waals surface area (Å²) in [7, 11) is 2.15. The van der Waals surface area contributed by atoms with Crippen LogP contribution in [0.3, 0.4) is 0 Å². The van der Waals surface area contributed by atoms with Crippen LogP contribution in [0.25, 0.3) is 11.3 Å². The lowest BCUT2D eigenvalue weighted by molar-refractivity contribution is 0.102. The molecule has 4 aromatic rings. The van der Waals surface area contributed by atoms with Gasteiger partial charge in [-0.2, -0.15) is 5.10 Å². The van der Waals surface area contributed by atoms with Crippen molar-refractivity contribution < 1.29 is 14.7 Å². The van der Waals surface area contributed by atoms with Crippen LogP contribution in [0, 0.1) is 0 Å². The standard InChI is InChI=1S/C31H34N6O3/c1-35-15-17-36(18-16-35)20-24-9-13-27(14-10-24)30(38)32-29-19-28(33-34-29)26-11-7-25(8-12-26)22-37(31(39)40)21-23-5-3-2-4-6-23/h2-14,19H,15-18,20-22H2,1H3,(H,39,40)(H2,32,33,34,38). The Morgan fingerprint density at radius 3 is 2.15 bits per heavy atom. The molecule has 0 spiro atoms. The average molecular weight is 539 g/mol. The van der Waals surface area contributed by atoms with Crippen molar-refractivity contribution in [3.8, 4) is 11.3 Å². The quantitative estimate of drug-likeness (QED) is 0.284. The minimum absolute atomic E-state index is 0.216. The van der Waals surface area contributed by atoms with Gasteiger partial charge in [0.15, 0.2) is 5.82 Å². The Kier molecular flexibility index (Phi) is 8.53. The number of aromatic nitrogens is 2. The summed E-state index contributed by atoms with van der Waals surface area (Å²) in [5, 5.41) is 19.7. The van der Waals surface area contributed by atoms with E-state index in [0.717, 1.165) is 55.1 Å². The molecule has 0 unspecified atom stereocenters. The number of aromatic amines is 1. The molecule has 206 valence electrons. The Labute approximate surface area is 234 Å². The number of H-pyrrole nitrogens is 1. The van der Waals surface area contributed by atoms with Crippen molar-refractivity contribution in [2.24, 2.45) is 0 Å². The lowest BCUT2D eigenvalue weighted by Crippen LogP contribution is -2.43. The second-order valence-corrected chi connectivity index (χ2v) is 10.2. The van der Waals surface area contributed by atoms with Crippen LogP contribution in [0.2, 0.25) is 0 Å². The third-order valence-electron chi connectivity index (χ3n) is 7.16. The molecule has 1 fully saturated rings. The van der Waals surface area contributed by atoms with Crippen molar-refractivity contribution in [3.63, 3.8) is 0 Å². The normalized spacial score (nSPS) is 14.1. The lowest BCUT2D eigenvalue weighted by atomic mass is 10.1. The smallest absolute Gasteiger partial charge is 0.407 e. The van der Waals surface area contributed by atoms with Crippen LogP contribution in [0.4, 0.5) is 10.6 Å². The predicted octanol–water partition coefficient (Wildman–Crippen LogP) is 4.76. The van der Waals surface area contributed by atoms with Crippen molar-refractivity contribution in [2.45, 2.75) is 19.6 Å². The van der Waals surface area contributed by atoms with Crippen molar-refractivity contribution in [1.29, 1.82) is 0 Å². The van der Waals surface area contributed by atoms with E-state index in [2.05, 4.69) is 32.4 Å². The van der Waals surface area contributed by atoms with Crippen LogP contribution in [0.15, 0.2) is 84.9 Å². The molecule has 40 heavy (non-hydrogen) atoms. The molecule has 1 saturated heterocycles. The van der Waals surface area contributed by atoms with Gasteiger partial charge in [0.2, 0.25) is 0 Å². The van der Waals surface area contributed by atoms with Crippen LogP contribution < -0.4 is 5.32 Å². The first-order valence-electron chi connectivity index (χ1n) is 13.4. The molecule has 3 aromatic carbocycles. The number of nitrogens with one attached hydrogen (secondary N) is 2. The van der Waals surface area contributed by atoms with E-state index in [4.69, 9.17) is 0 Å². The minimum atomic E-state index is -0.966. The minimum Gasteiger partial charge on any atom is -0.465 e. The van der Waals surface area contributed by atoms with E-state index in [1.807, 2.05) is 78.9 Å². The number of carbonyl (C=O) groups is 2. The number of anilines is 1. The molecule has 1 aliphatic rings. The zero-order chi connectivity index (χ0) is 27.9. The molecule has 9 heteroatoms. The number of carboxylic acid groups (broad SMARTS) is 1. The van der Waals surface area contributed by atoms with Crippen LogP contribution in [0.1, 0.15) is 27.0 Å². The first kappa shape index (κ1) is 27.1. The highest BCUT2D eigenvalue weighted by atomic mass is 16.4. The highest BCUT2D eigenvalue weighted by Crippen LogP contribution is 2.22. The van der Waals surface area contributed by atoms with E-state index < -0.39 is 6.09 Å². The zero-order valence-electron chi connectivity index (χ0n) is 22.6. The molecule has 9 nitrogen and oxygen atoms in total. The van der Waals surface area contributed by atoms with Crippen molar-refractivity contribution in [1.82, 2.24) is 24.9 Å². The van der Waals surface area contributed by atoms with Gasteiger partial charge in [-0.1, -0.05) is 66.7 Å². The Morgan fingerprint density at radius 2 is 1.50 bits per heavy atom. The van der Waals surface area contributed by atoms with Gasteiger partial charge in [0, 0.05) is 57.4 Å². The number of rotatable bonds is 9. The molecular weight excluding hydrogens is 504 g/mol. The molecule has 0 radical (unpaired) electrons. The first-order valence-corrected chi connectivity index (χ1v) is 13.4. The summed E-state index contributed by atoms with van der Waals surface area (Å²) in [5.74, 6) is 0.220. The first-order chi connectivity index (χ1) is 19.4. The molecule has 0 saturated carbocycles. The molecule has 0 atom stereocenters. The number of piperazine rings is 1. The van der Waals surface area contributed by atoms with Gasteiger partial charge >= 0.3 is 6.09 Å². The number of hydrogen-bond donors (Lipinski definition) is 3. The SMILES string of the molecule is CN1CCN(Cc2ccc(C(=O)Nc3cc(-c4ccc(CN(Cc5ccccc5)C(=O)O)cc4)[nH]n3)cc2)CC1. The maximum atomic E-state index is 12.8. The van der Waals surface area contributed by atoms with Crippen LogP contribution in [0.5, 0.6) is 0 Å². The highest BCUT2D eigenvalue weighted by Gasteiger charge is 2.16. The van der Waals surface area contributed by atoms with Crippen molar-refractivity contribution in [2.75, 3.05) is 38.5 Å². The molecular formula is C31H34N6O3. The van der Waals surface area contributed by atoms with E-state index in [0.29, 0.717) is 17.9 Å². The van der Waals surface area contributed by atoms with Gasteiger partial charge in [-0.05, 0) is 41.4 Å². The molecule has 5 rings (SSSR count). The lowest BCUT2D eigenvalue weighted by Gasteiger charge is -2.32. The van der Waals surface area contributed by atoms with Gasteiger partial charge in [-0.3, -0.25) is 19.7 Å². The van der Waals surface area contributed by atoms with Gasteiger partial charge in [-0.15, -0.1) is 0 Å². The largest absolute Gasteiger partial charge is 0.465 e. The fourth-order valence-electron chi connectivity index (χ4n) is 4.75. The van der Waals surface area contributed by atoms with Gasteiger partial charge in [0.05, 0.1) is 5.69 Å². The molecule has 3 N–H and O–H groups in total. The Hall–Kier alpha value is -4.47. The Bertz CT molecular complexity index is 1410. The number of hydrogen-bond acceptors (Lipinski definition) is 5. The van der Waals surface area contributed by atoms with Gasteiger partial charge in [-0.25, -0.2) is 4.79 Å². The maximum absolute atomic E-state index is 12.8. The fourth-order valence-corrected chi connectivity index (χ4v) is 4.75. The molecule has 1 aromatic heterocycles. The van der Waals surface area contributed by atoms with E-state index in [1.165, 1.54) is 10.5 Å². The van der Waals surface area contributed by atoms with E-state index >= 15 is 0 Å². The average Bonchev–Trinajstić information content (AvgIpc) is 3.43. The second-order valence-electron chi connectivity index (χ2n) is 10.2. The Balaban J connectivity index is 1.16. The van der Waals surface area contributed by atoms with Gasteiger partial charge in [0.1, 0.15) is 0 Å². The number of benzene rings is 3. The summed E-state index contributed by atoms with van der Waals surface area (Å²) in [6, 6.07) is 26.7. The van der Waals surface area contributed by atoms with Crippen LogP contribution in [-0.4, -0.2) is 75.2 Å². The van der Waals surface area contributed by atoms with E-state index in [9.17, 15) is 14.7 Å². The third kappa shape index (κ3) is 7.13. The van der Waals surface area contributed by atoms with Crippen LogP contribution >= 0.6 is 0 Å². The number of likely N-dealkylation sites (N-methyl/N-ethyl adjacent to an activating group) is 1. The van der Waals surface area contributed by atoms with Crippen molar-refractivity contribution >= 4 is 17.8 Å². The number of amides is 2. The fraction of sp³-hybridized carbons (Fsp3) is 0.258. The maximum Gasteiger partial charge on any atom is 0.407 e. The molecule has 1 aliphatic heterocycles. The van der Waals surface area contributed by atoms with E-state index in [-0.39, 0.29) is 12.5 Å². The highest BCUT2D eigenvalue weighted by molar-refractivity contribution is 6.04. The van der Waals surface area contributed by atoms with Crippen molar-refractivity contribution in [3.05, 3.63) is 107 Å². The van der Waals surface area contributed by atoms with Crippen LogP contribution in [-0.2, 0) is 19.6 Å². The second kappa shape index (κ2) is 12.6. The molecule has 0 aliphatic carbocycles. The summed E-state index contributed by atoms with van der Waals surface area (Å²) >= 11 is 0. The summed E-state index contributed by atoms with van der Waals surface area (Å²) in [6.07, 6.45) is -0.966. The number of carbonyl (C=O) groups excluding carboxylic acids is 1. The summed E-state index contributed by atoms with van der Waals surface area (Å²) in [5.41, 5.74) is 5.23. The monoisotopic (exact) mass is 538 g/mol. The van der Waals surface area contributed by atoms with E-state index in [1.54, 1.807) is 6.07 Å². The van der Waals surface area contributed by atoms with Gasteiger partial charge in [0.25, 0.3) is 5.91 Å².